The lowest BCUT2D eigenvalue weighted by Crippen LogP contribution is -2.45. The van der Waals surface area contributed by atoms with Crippen molar-refractivity contribution in [3.05, 3.63) is 35.9 Å². The first-order valence-electron chi connectivity index (χ1n) is 6.38. The van der Waals surface area contributed by atoms with E-state index in [9.17, 15) is 9.32 Å². The Morgan fingerprint density at radius 3 is 2.53 bits per heavy atom. The molecule has 4 N–H and O–H groups in total. The topological polar surface area (TPSA) is 86.8 Å². The molecule has 1 aromatic rings. The highest BCUT2D eigenvalue weighted by atomic mass is 32.2. The normalized spacial score (nSPS) is 16.3. The van der Waals surface area contributed by atoms with Crippen LogP contribution in [-0.2, 0) is 17.7 Å². The van der Waals surface area contributed by atoms with Crippen LogP contribution in [-0.4, -0.2) is 43.4 Å². The molecule has 1 rings (SSSR count). The molecule has 0 heterocycles. The second kappa shape index (κ2) is 8.39. The summed E-state index contributed by atoms with van der Waals surface area (Å²) in [6.07, 6.45) is 0.454. The summed E-state index contributed by atoms with van der Waals surface area (Å²) in [6.45, 7) is 2.47. The standard InChI is InChI=1S/C13H22N2O3S/c1-2-8-15(19(17)18)10-13(16)12(14)9-11-6-4-3-5-7-11/h3-7,12-13,16H,2,8-10,14H2,1H3,(H,17,18)/t12-,13+/m0/s1. The maximum Gasteiger partial charge on any atom is 0.234 e. The molecule has 1 aromatic carbocycles. The summed E-state index contributed by atoms with van der Waals surface area (Å²) < 4.78 is 21.5. The zero-order chi connectivity index (χ0) is 14.3. The van der Waals surface area contributed by atoms with Crippen molar-refractivity contribution in [2.75, 3.05) is 13.1 Å². The molecule has 3 atom stereocenters. The molecule has 0 radical (unpaired) electrons. The fourth-order valence-corrected chi connectivity index (χ4v) is 2.47. The van der Waals surface area contributed by atoms with E-state index < -0.39 is 23.4 Å². The van der Waals surface area contributed by atoms with Crippen LogP contribution in [0.2, 0.25) is 0 Å². The van der Waals surface area contributed by atoms with E-state index in [1.807, 2.05) is 37.3 Å². The minimum absolute atomic E-state index is 0.102. The van der Waals surface area contributed by atoms with E-state index in [1.54, 1.807) is 0 Å². The molecule has 0 amide bonds. The van der Waals surface area contributed by atoms with Crippen LogP contribution in [0.3, 0.4) is 0 Å². The van der Waals surface area contributed by atoms with Crippen LogP contribution in [0, 0.1) is 0 Å². The monoisotopic (exact) mass is 286 g/mol. The maximum atomic E-state index is 11.1. The molecule has 0 fully saturated rings. The Morgan fingerprint density at radius 2 is 2.00 bits per heavy atom. The molecule has 1 unspecified atom stereocenters. The van der Waals surface area contributed by atoms with E-state index in [-0.39, 0.29) is 6.54 Å². The van der Waals surface area contributed by atoms with Gasteiger partial charge in [-0.3, -0.25) is 4.55 Å². The largest absolute Gasteiger partial charge is 0.390 e. The number of hydrogen-bond donors (Lipinski definition) is 3. The van der Waals surface area contributed by atoms with Gasteiger partial charge in [-0.05, 0) is 18.4 Å². The average Bonchev–Trinajstić information content (AvgIpc) is 2.39. The molecule has 0 aliphatic carbocycles. The van der Waals surface area contributed by atoms with E-state index in [1.165, 1.54) is 4.31 Å². The summed E-state index contributed by atoms with van der Waals surface area (Å²) in [4.78, 5) is 0. The zero-order valence-corrected chi connectivity index (χ0v) is 11.9. The first kappa shape index (κ1) is 16.3. The van der Waals surface area contributed by atoms with Gasteiger partial charge in [0.1, 0.15) is 0 Å². The van der Waals surface area contributed by atoms with Crippen LogP contribution in [0.1, 0.15) is 18.9 Å². The van der Waals surface area contributed by atoms with Gasteiger partial charge in [-0.15, -0.1) is 0 Å². The van der Waals surface area contributed by atoms with Crippen molar-refractivity contribution >= 4 is 11.3 Å². The molecule has 108 valence electrons. The van der Waals surface area contributed by atoms with Crippen molar-refractivity contribution in [1.82, 2.24) is 4.31 Å². The quantitative estimate of drug-likeness (QED) is 0.616. The fraction of sp³-hybridized carbons (Fsp3) is 0.538. The summed E-state index contributed by atoms with van der Waals surface area (Å²) in [5, 5.41) is 10.0. The minimum atomic E-state index is -2.07. The second-order valence-corrected chi connectivity index (χ2v) is 5.52. The van der Waals surface area contributed by atoms with E-state index in [0.29, 0.717) is 13.0 Å². The summed E-state index contributed by atoms with van der Waals surface area (Å²) in [5.74, 6) is 0. The number of nitrogens with two attached hydrogens (primary N) is 1. The van der Waals surface area contributed by atoms with Crippen LogP contribution in [0.25, 0.3) is 0 Å². The number of nitrogens with zero attached hydrogens (tertiary/aromatic N) is 1. The maximum absolute atomic E-state index is 11.1. The van der Waals surface area contributed by atoms with E-state index in [2.05, 4.69) is 0 Å². The Labute approximate surface area is 116 Å². The van der Waals surface area contributed by atoms with Crippen molar-refractivity contribution in [3.8, 4) is 0 Å². The molecule has 0 spiro atoms. The third-order valence-corrected chi connectivity index (χ3v) is 3.67. The fourth-order valence-electron chi connectivity index (χ4n) is 1.85. The van der Waals surface area contributed by atoms with Gasteiger partial charge in [0.25, 0.3) is 0 Å². The highest BCUT2D eigenvalue weighted by Crippen LogP contribution is 2.07. The molecule has 19 heavy (non-hydrogen) atoms. The number of aliphatic hydroxyl groups is 1. The number of rotatable bonds is 8. The summed E-state index contributed by atoms with van der Waals surface area (Å²) in [5.41, 5.74) is 6.98. The van der Waals surface area contributed by atoms with Gasteiger partial charge >= 0.3 is 0 Å². The van der Waals surface area contributed by atoms with Gasteiger partial charge in [0, 0.05) is 19.1 Å². The van der Waals surface area contributed by atoms with Crippen molar-refractivity contribution in [2.45, 2.75) is 31.9 Å². The van der Waals surface area contributed by atoms with Crippen LogP contribution in [0.5, 0.6) is 0 Å². The number of hydrogen-bond acceptors (Lipinski definition) is 3. The summed E-state index contributed by atoms with van der Waals surface area (Å²) in [6, 6.07) is 9.19. The third-order valence-electron chi connectivity index (χ3n) is 2.89. The Bertz CT molecular complexity index is 389. The Morgan fingerprint density at radius 1 is 1.37 bits per heavy atom. The third kappa shape index (κ3) is 5.80. The van der Waals surface area contributed by atoms with Gasteiger partial charge in [0.15, 0.2) is 0 Å². The van der Waals surface area contributed by atoms with Gasteiger partial charge < -0.3 is 10.8 Å². The lowest BCUT2D eigenvalue weighted by Gasteiger charge is -2.24. The molecule has 0 saturated carbocycles. The molecule has 0 aromatic heterocycles. The Balaban J connectivity index is 2.51. The highest BCUT2D eigenvalue weighted by molar-refractivity contribution is 7.76. The Hall–Kier alpha value is -0.790. The van der Waals surface area contributed by atoms with Crippen LogP contribution in [0.4, 0.5) is 0 Å². The van der Waals surface area contributed by atoms with Crippen molar-refractivity contribution in [1.29, 1.82) is 0 Å². The van der Waals surface area contributed by atoms with Crippen molar-refractivity contribution < 1.29 is 13.9 Å². The van der Waals surface area contributed by atoms with Gasteiger partial charge in [-0.2, -0.15) is 4.31 Å². The molecule has 6 heteroatoms. The van der Waals surface area contributed by atoms with E-state index in [4.69, 9.17) is 10.3 Å². The molecule has 0 aliphatic heterocycles. The highest BCUT2D eigenvalue weighted by Gasteiger charge is 2.21. The molecular weight excluding hydrogens is 264 g/mol. The molecule has 0 aliphatic rings. The average molecular weight is 286 g/mol. The minimum Gasteiger partial charge on any atom is -0.390 e. The van der Waals surface area contributed by atoms with Crippen molar-refractivity contribution in [3.63, 3.8) is 0 Å². The lowest BCUT2D eigenvalue weighted by molar-refractivity contribution is 0.118. The zero-order valence-electron chi connectivity index (χ0n) is 11.1. The smallest absolute Gasteiger partial charge is 0.234 e. The van der Waals surface area contributed by atoms with E-state index in [0.717, 1.165) is 12.0 Å². The van der Waals surface area contributed by atoms with Crippen LogP contribution >= 0.6 is 0 Å². The molecule has 0 saturated heterocycles. The van der Waals surface area contributed by atoms with Crippen LogP contribution in [0.15, 0.2) is 30.3 Å². The van der Waals surface area contributed by atoms with Gasteiger partial charge in [0.05, 0.1) is 6.10 Å². The first-order valence-corrected chi connectivity index (χ1v) is 7.44. The Kier molecular flexibility index (Phi) is 7.19. The van der Waals surface area contributed by atoms with Gasteiger partial charge in [-0.1, -0.05) is 37.3 Å². The predicted octanol–water partition coefficient (Wildman–Crippen LogP) is 0.766. The first-order chi connectivity index (χ1) is 9.04. The second-order valence-electron chi connectivity index (χ2n) is 4.54. The van der Waals surface area contributed by atoms with Gasteiger partial charge in [0.2, 0.25) is 11.3 Å². The lowest BCUT2D eigenvalue weighted by atomic mass is 10.0. The van der Waals surface area contributed by atoms with E-state index >= 15 is 0 Å². The molecule has 5 nitrogen and oxygen atoms in total. The molecular formula is C13H22N2O3S. The number of benzene rings is 1. The van der Waals surface area contributed by atoms with Gasteiger partial charge in [-0.25, -0.2) is 4.21 Å². The predicted molar refractivity (Wildman–Crippen MR) is 76.8 cm³/mol. The summed E-state index contributed by atoms with van der Waals surface area (Å²) in [7, 11) is 0. The summed E-state index contributed by atoms with van der Waals surface area (Å²) >= 11 is -2.07. The number of aliphatic hydroxyl groups excluding tert-OH is 1. The van der Waals surface area contributed by atoms with Crippen molar-refractivity contribution in [2.24, 2.45) is 5.73 Å². The molecule has 0 bridgehead atoms. The van der Waals surface area contributed by atoms with Crippen LogP contribution < -0.4 is 5.73 Å². The SMILES string of the molecule is CCCN(C[C@@H](O)[C@@H](N)Cc1ccccc1)S(=O)O.